The van der Waals surface area contributed by atoms with Crippen molar-refractivity contribution < 1.29 is 23.9 Å². The summed E-state index contributed by atoms with van der Waals surface area (Å²) in [5.41, 5.74) is -0.801. The van der Waals surface area contributed by atoms with E-state index in [2.05, 4.69) is 10.6 Å². The van der Waals surface area contributed by atoms with Crippen LogP contribution in [0.25, 0.3) is 0 Å². The zero-order chi connectivity index (χ0) is 18.1. The molecule has 134 valence electrons. The molecule has 24 heavy (non-hydrogen) atoms. The number of likely N-dealkylation sites (tertiary alicyclic amines) is 1. The van der Waals surface area contributed by atoms with Crippen molar-refractivity contribution in [1.82, 2.24) is 15.5 Å². The van der Waals surface area contributed by atoms with E-state index < -0.39 is 29.6 Å². The summed E-state index contributed by atoms with van der Waals surface area (Å²) >= 11 is 0. The lowest BCUT2D eigenvalue weighted by Gasteiger charge is -2.24. The lowest BCUT2D eigenvalue weighted by molar-refractivity contribution is -0.138. The Labute approximate surface area is 141 Å². The van der Waals surface area contributed by atoms with Crippen LogP contribution in [0.3, 0.4) is 0 Å². The second-order valence-corrected chi connectivity index (χ2v) is 6.71. The number of hydrogen-bond acceptors (Lipinski definition) is 5. The molecule has 1 unspecified atom stereocenters. The molecule has 0 aliphatic carbocycles. The van der Waals surface area contributed by atoms with Gasteiger partial charge in [-0.1, -0.05) is 0 Å². The zero-order valence-electron chi connectivity index (χ0n) is 14.5. The molecule has 0 spiro atoms. The predicted octanol–water partition coefficient (Wildman–Crippen LogP) is -0.635. The molecular weight excluding hydrogens is 314 g/mol. The first kappa shape index (κ1) is 18.4. The van der Waals surface area contributed by atoms with Crippen LogP contribution in [0.5, 0.6) is 0 Å². The molecule has 2 fully saturated rings. The third-order valence-electron chi connectivity index (χ3n) is 4.56. The van der Waals surface area contributed by atoms with Gasteiger partial charge in [0.2, 0.25) is 17.7 Å². The summed E-state index contributed by atoms with van der Waals surface area (Å²) in [4.78, 5) is 49.6. The van der Waals surface area contributed by atoms with E-state index in [1.165, 1.54) is 11.8 Å². The zero-order valence-corrected chi connectivity index (χ0v) is 14.5. The van der Waals surface area contributed by atoms with E-state index in [1.807, 2.05) is 0 Å². The van der Waals surface area contributed by atoms with Gasteiger partial charge in [-0.15, -0.1) is 0 Å². The molecule has 8 nitrogen and oxygen atoms in total. The number of carbonyl (C=O) groups excluding carboxylic acids is 4. The topological polar surface area (TPSA) is 108 Å². The van der Waals surface area contributed by atoms with Crippen LogP contribution in [0.1, 0.15) is 40.5 Å². The van der Waals surface area contributed by atoms with E-state index in [9.17, 15) is 19.2 Å². The van der Waals surface area contributed by atoms with Crippen molar-refractivity contribution in [3.63, 3.8) is 0 Å². The van der Waals surface area contributed by atoms with Crippen molar-refractivity contribution in [2.75, 3.05) is 13.2 Å². The maximum Gasteiger partial charge on any atom is 0.243 e. The molecule has 0 aromatic heterocycles. The first-order chi connectivity index (χ1) is 11.2. The van der Waals surface area contributed by atoms with Crippen molar-refractivity contribution in [2.45, 2.75) is 64.3 Å². The molecule has 2 N–H and O–H groups in total. The number of Topliss-reactive ketones (excluding diaryl/α,β-unsaturated/α-hetero) is 1. The molecule has 2 aliphatic rings. The summed E-state index contributed by atoms with van der Waals surface area (Å²) in [5.74, 6) is -1.13. The number of nitrogens with zero attached hydrogens (tertiary/aromatic N) is 1. The molecule has 0 saturated carbocycles. The van der Waals surface area contributed by atoms with Crippen molar-refractivity contribution in [3.8, 4) is 0 Å². The smallest absolute Gasteiger partial charge is 0.243 e. The fraction of sp³-hybridized carbons (Fsp3) is 0.750. The Balaban J connectivity index is 1.85. The minimum atomic E-state index is -0.801. The largest absolute Gasteiger partial charge is 0.361 e. The molecule has 0 bridgehead atoms. The molecule has 4 atom stereocenters. The van der Waals surface area contributed by atoms with Crippen LogP contribution in [0, 0.1) is 0 Å². The lowest BCUT2D eigenvalue weighted by Crippen LogP contribution is -2.54. The fourth-order valence-corrected chi connectivity index (χ4v) is 2.90. The highest BCUT2D eigenvalue weighted by Crippen LogP contribution is 2.28. The second kappa shape index (κ2) is 6.88. The molecule has 0 aromatic carbocycles. The number of nitrogens with one attached hydrogen (secondary N) is 2. The quantitative estimate of drug-likeness (QED) is 0.626. The van der Waals surface area contributed by atoms with E-state index in [4.69, 9.17) is 4.74 Å². The maximum atomic E-state index is 12.3. The number of rotatable bonds is 6. The Bertz CT molecular complexity index is 558. The predicted molar refractivity (Wildman–Crippen MR) is 85.0 cm³/mol. The Morgan fingerprint density at radius 3 is 2.33 bits per heavy atom. The van der Waals surface area contributed by atoms with E-state index in [0.717, 1.165) is 6.42 Å². The molecule has 2 saturated heterocycles. The normalized spacial score (nSPS) is 28.0. The van der Waals surface area contributed by atoms with Gasteiger partial charge < -0.3 is 20.3 Å². The highest BCUT2D eigenvalue weighted by molar-refractivity contribution is 5.98. The molecule has 8 heteroatoms. The van der Waals surface area contributed by atoms with Gasteiger partial charge in [0, 0.05) is 13.5 Å². The number of ketones is 1. The summed E-state index contributed by atoms with van der Waals surface area (Å²) in [5, 5.41) is 5.21. The Morgan fingerprint density at radius 2 is 1.79 bits per heavy atom. The van der Waals surface area contributed by atoms with E-state index in [1.54, 1.807) is 20.8 Å². The Kier molecular flexibility index (Phi) is 5.27. The van der Waals surface area contributed by atoms with Gasteiger partial charge in [-0.05, 0) is 33.6 Å². The van der Waals surface area contributed by atoms with Crippen molar-refractivity contribution >= 4 is 23.5 Å². The Morgan fingerprint density at radius 1 is 1.17 bits per heavy atom. The monoisotopic (exact) mass is 339 g/mol. The lowest BCUT2D eigenvalue weighted by atomic mass is 10.0. The highest BCUT2D eigenvalue weighted by atomic mass is 16.6. The van der Waals surface area contributed by atoms with Crippen molar-refractivity contribution in [1.29, 1.82) is 0 Å². The van der Waals surface area contributed by atoms with E-state index in [-0.39, 0.29) is 17.6 Å². The molecule has 2 heterocycles. The second-order valence-electron chi connectivity index (χ2n) is 6.71. The molecule has 2 aliphatic heterocycles. The summed E-state index contributed by atoms with van der Waals surface area (Å²) in [6.45, 7) is 7.16. The minimum Gasteiger partial charge on any atom is -0.361 e. The number of ether oxygens (including phenoxy) is 1. The summed E-state index contributed by atoms with van der Waals surface area (Å²) in [6, 6.07) is -2.02. The fourth-order valence-electron chi connectivity index (χ4n) is 2.90. The average Bonchev–Trinajstić information content (AvgIpc) is 3.07. The van der Waals surface area contributed by atoms with Gasteiger partial charge >= 0.3 is 0 Å². The van der Waals surface area contributed by atoms with Crippen LogP contribution in [0.2, 0.25) is 0 Å². The van der Waals surface area contributed by atoms with Crippen LogP contribution >= 0.6 is 0 Å². The molecule has 0 radical (unpaired) electrons. The van der Waals surface area contributed by atoms with E-state index in [0.29, 0.717) is 19.6 Å². The average molecular weight is 339 g/mol. The number of carbonyl (C=O) groups is 4. The maximum absolute atomic E-state index is 12.3. The van der Waals surface area contributed by atoms with Gasteiger partial charge in [0.25, 0.3) is 0 Å². The SMILES string of the molecule is CC(=O)N1CCC[C@@H]1C(=O)N[C@@H](C)C(=O)N[C@@H](C)C(=O)C1(C)CO1. The van der Waals surface area contributed by atoms with Crippen LogP contribution < -0.4 is 10.6 Å². The molecular formula is C16H25N3O5. The van der Waals surface area contributed by atoms with Crippen molar-refractivity contribution in [3.05, 3.63) is 0 Å². The standard InChI is InChI=1S/C16H25N3O5/c1-9(13(21)16(4)8-24-16)17-14(22)10(2)18-15(23)12-6-5-7-19(12)11(3)20/h9-10,12H,5-8H2,1-4H3,(H,17,22)(H,18,23)/t9-,10-,12+,16?/m0/s1. The van der Waals surface area contributed by atoms with E-state index >= 15 is 0 Å². The van der Waals surface area contributed by atoms with Gasteiger partial charge in [0.15, 0.2) is 5.78 Å². The summed E-state index contributed by atoms with van der Waals surface area (Å²) in [6.07, 6.45) is 1.35. The Hall–Kier alpha value is -1.96. The first-order valence-electron chi connectivity index (χ1n) is 8.22. The van der Waals surface area contributed by atoms with Gasteiger partial charge in [0.05, 0.1) is 12.6 Å². The van der Waals surface area contributed by atoms with Crippen LogP contribution in [0.4, 0.5) is 0 Å². The highest BCUT2D eigenvalue weighted by Gasteiger charge is 2.49. The van der Waals surface area contributed by atoms with Crippen LogP contribution in [-0.2, 0) is 23.9 Å². The number of hydrogen-bond donors (Lipinski definition) is 2. The van der Waals surface area contributed by atoms with Gasteiger partial charge in [-0.2, -0.15) is 0 Å². The first-order valence-corrected chi connectivity index (χ1v) is 8.22. The third kappa shape index (κ3) is 3.92. The van der Waals surface area contributed by atoms with Gasteiger partial charge in [-0.3, -0.25) is 19.2 Å². The molecule has 2 rings (SSSR count). The summed E-state index contributed by atoms with van der Waals surface area (Å²) in [7, 11) is 0. The minimum absolute atomic E-state index is 0.151. The van der Waals surface area contributed by atoms with Crippen LogP contribution in [-0.4, -0.2) is 65.3 Å². The molecule has 0 aromatic rings. The van der Waals surface area contributed by atoms with Gasteiger partial charge in [-0.25, -0.2) is 0 Å². The van der Waals surface area contributed by atoms with Crippen molar-refractivity contribution in [2.24, 2.45) is 0 Å². The third-order valence-corrected chi connectivity index (χ3v) is 4.56. The van der Waals surface area contributed by atoms with Crippen LogP contribution in [0.15, 0.2) is 0 Å². The summed E-state index contributed by atoms with van der Waals surface area (Å²) < 4.78 is 5.08. The number of amides is 3. The van der Waals surface area contributed by atoms with Gasteiger partial charge in [0.1, 0.15) is 17.7 Å². The molecule has 3 amide bonds. The number of epoxide rings is 1.